The molecule has 1 heterocycles. The van der Waals surface area contributed by atoms with E-state index in [2.05, 4.69) is 48.1 Å². The normalized spacial score (nSPS) is 26.9. The third-order valence-electron chi connectivity index (χ3n) is 3.89. The zero-order valence-electron chi connectivity index (χ0n) is 10.8. The van der Waals surface area contributed by atoms with E-state index in [0.717, 1.165) is 13.0 Å². The number of halogens is 1. The van der Waals surface area contributed by atoms with Crippen LogP contribution in [0.3, 0.4) is 0 Å². The lowest BCUT2D eigenvalue weighted by Crippen LogP contribution is -2.60. The van der Waals surface area contributed by atoms with Gasteiger partial charge in [-0.25, -0.2) is 0 Å². The van der Waals surface area contributed by atoms with Crippen molar-refractivity contribution < 1.29 is 4.74 Å². The average molecular weight is 318 g/mol. The highest BCUT2D eigenvalue weighted by Crippen LogP contribution is 2.42. The first kappa shape index (κ1) is 13.5. The van der Waals surface area contributed by atoms with Crippen molar-refractivity contribution in [3.63, 3.8) is 0 Å². The molecule has 0 saturated heterocycles. The highest BCUT2D eigenvalue weighted by Gasteiger charge is 2.48. The Hall–Kier alpha value is 0.1000. The van der Waals surface area contributed by atoms with E-state index < -0.39 is 0 Å². The Balaban J connectivity index is 1.88. The Labute approximate surface area is 116 Å². The number of ether oxygens (including phenoxy) is 1. The summed E-state index contributed by atoms with van der Waals surface area (Å²) >= 11 is 5.42. The van der Waals surface area contributed by atoms with E-state index in [-0.39, 0.29) is 5.41 Å². The number of thiophene rings is 1. The van der Waals surface area contributed by atoms with Crippen molar-refractivity contribution in [2.45, 2.75) is 45.9 Å². The highest BCUT2D eigenvalue weighted by molar-refractivity contribution is 9.10. The molecule has 17 heavy (non-hydrogen) atoms. The monoisotopic (exact) mass is 317 g/mol. The fraction of sp³-hybridized carbons (Fsp3) is 0.692. The van der Waals surface area contributed by atoms with Gasteiger partial charge in [-0.2, -0.15) is 0 Å². The van der Waals surface area contributed by atoms with Gasteiger partial charge in [0.05, 0.1) is 6.10 Å². The standard InChI is InChI=1S/C13H20BrNOS/c1-8-10(14)5-9(17-8)7-15-11-6-12(16-4)13(11,2)3/h5,11-12,15H,6-7H2,1-4H3. The van der Waals surface area contributed by atoms with E-state index in [1.165, 1.54) is 14.2 Å². The van der Waals surface area contributed by atoms with Crippen LogP contribution in [0.5, 0.6) is 0 Å². The Morgan fingerprint density at radius 1 is 1.59 bits per heavy atom. The molecule has 0 radical (unpaired) electrons. The van der Waals surface area contributed by atoms with Crippen LogP contribution in [0.1, 0.15) is 30.0 Å². The topological polar surface area (TPSA) is 21.3 Å². The maximum absolute atomic E-state index is 5.46. The molecule has 0 aromatic carbocycles. The first-order valence-corrected chi connectivity index (χ1v) is 7.57. The third kappa shape index (κ3) is 2.60. The Morgan fingerprint density at radius 3 is 2.76 bits per heavy atom. The number of hydrogen-bond donors (Lipinski definition) is 1. The molecule has 96 valence electrons. The second kappa shape index (κ2) is 5.00. The van der Waals surface area contributed by atoms with Crippen molar-refractivity contribution in [2.75, 3.05) is 7.11 Å². The van der Waals surface area contributed by atoms with Gasteiger partial charge in [0.15, 0.2) is 0 Å². The van der Waals surface area contributed by atoms with Gasteiger partial charge in [0.2, 0.25) is 0 Å². The largest absolute Gasteiger partial charge is 0.381 e. The zero-order chi connectivity index (χ0) is 12.6. The molecule has 2 unspecified atom stereocenters. The molecule has 1 aromatic rings. The van der Waals surface area contributed by atoms with Gasteiger partial charge < -0.3 is 10.1 Å². The SMILES string of the molecule is COC1CC(NCc2cc(Br)c(C)s2)C1(C)C. The summed E-state index contributed by atoms with van der Waals surface area (Å²) in [6.45, 7) is 7.66. The van der Waals surface area contributed by atoms with Crippen molar-refractivity contribution in [3.05, 3.63) is 20.3 Å². The van der Waals surface area contributed by atoms with Gasteiger partial charge in [0.25, 0.3) is 0 Å². The minimum atomic E-state index is 0.248. The van der Waals surface area contributed by atoms with Crippen molar-refractivity contribution in [1.29, 1.82) is 0 Å². The smallest absolute Gasteiger partial charge is 0.0652 e. The van der Waals surface area contributed by atoms with E-state index >= 15 is 0 Å². The van der Waals surface area contributed by atoms with Crippen LogP contribution in [0.25, 0.3) is 0 Å². The molecule has 1 aromatic heterocycles. The van der Waals surface area contributed by atoms with Crippen molar-refractivity contribution in [3.8, 4) is 0 Å². The van der Waals surface area contributed by atoms with Crippen molar-refractivity contribution >= 4 is 27.3 Å². The van der Waals surface area contributed by atoms with Gasteiger partial charge in [-0.3, -0.25) is 0 Å². The average Bonchev–Trinajstić information content (AvgIpc) is 2.57. The van der Waals surface area contributed by atoms with Crippen molar-refractivity contribution in [1.82, 2.24) is 5.32 Å². The molecule has 0 spiro atoms. The molecular weight excluding hydrogens is 298 g/mol. The Morgan fingerprint density at radius 2 is 2.29 bits per heavy atom. The molecular formula is C13H20BrNOS. The van der Waals surface area contributed by atoms with E-state index in [1.807, 2.05) is 18.4 Å². The second-order valence-corrected chi connectivity index (χ2v) is 7.53. The molecule has 2 atom stereocenters. The summed E-state index contributed by atoms with van der Waals surface area (Å²) in [6.07, 6.45) is 1.52. The van der Waals surface area contributed by atoms with Crippen LogP contribution >= 0.6 is 27.3 Å². The van der Waals surface area contributed by atoms with Gasteiger partial charge in [0, 0.05) is 39.3 Å². The van der Waals surface area contributed by atoms with Crippen LogP contribution in [0.4, 0.5) is 0 Å². The molecule has 1 saturated carbocycles. The number of rotatable bonds is 4. The molecule has 1 aliphatic rings. The maximum Gasteiger partial charge on any atom is 0.0652 e. The van der Waals surface area contributed by atoms with Gasteiger partial charge in [-0.05, 0) is 35.3 Å². The molecule has 0 amide bonds. The van der Waals surface area contributed by atoms with Gasteiger partial charge >= 0.3 is 0 Å². The van der Waals surface area contributed by atoms with Gasteiger partial charge in [-0.15, -0.1) is 11.3 Å². The van der Waals surface area contributed by atoms with E-state index in [4.69, 9.17) is 4.74 Å². The summed E-state index contributed by atoms with van der Waals surface area (Å²) < 4.78 is 6.69. The minimum Gasteiger partial charge on any atom is -0.381 e. The zero-order valence-corrected chi connectivity index (χ0v) is 13.2. The summed E-state index contributed by atoms with van der Waals surface area (Å²) in [4.78, 5) is 2.75. The maximum atomic E-state index is 5.46. The van der Waals surface area contributed by atoms with Crippen molar-refractivity contribution in [2.24, 2.45) is 5.41 Å². The first-order chi connectivity index (χ1) is 7.95. The Kier molecular flexibility index (Phi) is 3.98. The molecule has 0 bridgehead atoms. The summed E-state index contributed by atoms with van der Waals surface area (Å²) in [6, 6.07) is 2.78. The van der Waals surface area contributed by atoms with Crippen LogP contribution in [0, 0.1) is 12.3 Å². The third-order valence-corrected chi connectivity index (χ3v) is 6.03. The molecule has 2 rings (SSSR count). The van der Waals surface area contributed by atoms with Crippen LogP contribution in [-0.4, -0.2) is 19.3 Å². The summed E-state index contributed by atoms with van der Waals surface area (Å²) in [5.41, 5.74) is 0.248. The predicted octanol–water partition coefficient (Wildman–Crippen LogP) is 3.72. The summed E-state index contributed by atoms with van der Waals surface area (Å²) in [5.74, 6) is 0. The fourth-order valence-corrected chi connectivity index (χ4v) is 4.01. The minimum absolute atomic E-state index is 0.248. The molecule has 1 N–H and O–H groups in total. The number of nitrogens with one attached hydrogen (secondary N) is 1. The molecule has 1 aliphatic carbocycles. The lowest BCUT2D eigenvalue weighted by molar-refractivity contribution is -0.0978. The molecule has 0 aliphatic heterocycles. The van der Waals surface area contributed by atoms with E-state index in [1.54, 1.807) is 0 Å². The van der Waals surface area contributed by atoms with Crippen LogP contribution in [0.2, 0.25) is 0 Å². The summed E-state index contributed by atoms with van der Waals surface area (Å²) in [7, 11) is 1.81. The second-order valence-electron chi connectivity index (χ2n) is 5.33. The quantitative estimate of drug-likeness (QED) is 0.913. The summed E-state index contributed by atoms with van der Waals surface area (Å²) in [5, 5.41) is 3.64. The highest BCUT2D eigenvalue weighted by atomic mass is 79.9. The first-order valence-electron chi connectivity index (χ1n) is 5.96. The lowest BCUT2D eigenvalue weighted by Gasteiger charge is -2.51. The Bertz CT molecular complexity index is 383. The molecule has 4 heteroatoms. The number of aryl methyl sites for hydroxylation is 1. The van der Waals surface area contributed by atoms with Gasteiger partial charge in [-0.1, -0.05) is 13.8 Å². The van der Waals surface area contributed by atoms with Crippen LogP contribution in [0.15, 0.2) is 10.5 Å². The number of methoxy groups -OCH3 is 1. The molecule has 1 fully saturated rings. The van der Waals surface area contributed by atoms with E-state index in [0.29, 0.717) is 12.1 Å². The predicted molar refractivity (Wildman–Crippen MR) is 76.6 cm³/mol. The van der Waals surface area contributed by atoms with Gasteiger partial charge in [0.1, 0.15) is 0 Å². The fourth-order valence-electron chi connectivity index (χ4n) is 2.46. The van der Waals surface area contributed by atoms with E-state index in [9.17, 15) is 0 Å². The molecule has 2 nitrogen and oxygen atoms in total. The van der Waals surface area contributed by atoms with Crippen LogP contribution < -0.4 is 5.32 Å². The number of hydrogen-bond acceptors (Lipinski definition) is 3. The lowest BCUT2D eigenvalue weighted by atomic mass is 9.64. The van der Waals surface area contributed by atoms with Crippen LogP contribution in [-0.2, 0) is 11.3 Å².